The van der Waals surface area contributed by atoms with Crippen LogP contribution in [0.15, 0.2) is 52.8 Å². The van der Waals surface area contributed by atoms with Gasteiger partial charge >= 0.3 is 0 Å². The lowest BCUT2D eigenvalue weighted by Gasteiger charge is -2.20. The van der Waals surface area contributed by atoms with Crippen molar-refractivity contribution in [3.8, 4) is 0 Å². The fourth-order valence-corrected chi connectivity index (χ4v) is 3.71. The van der Waals surface area contributed by atoms with Gasteiger partial charge < -0.3 is 5.32 Å². The molecule has 8 heteroatoms. The average molecular weight is 405 g/mol. The van der Waals surface area contributed by atoms with Crippen LogP contribution < -0.4 is 10.2 Å². The highest BCUT2D eigenvalue weighted by molar-refractivity contribution is 6.25. The number of carbonyl (C=O) groups excluding carboxylic acids is 3. The highest BCUT2D eigenvalue weighted by atomic mass is 16.2. The van der Waals surface area contributed by atoms with E-state index in [4.69, 9.17) is 0 Å². The Morgan fingerprint density at radius 1 is 1.07 bits per heavy atom. The third-order valence-electron chi connectivity index (χ3n) is 5.65. The van der Waals surface area contributed by atoms with Gasteiger partial charge in [-0.05, 0) is 55.2 Å². The van der Waals surface area contributed by atoms with Crippen molar-refractivity contribution in [3.05, 3.63) is 59.2 Å². The molecule has 2 aliphatic heterocycles. The van der Waals surface area contributed by atoms with Gasteiger partial charge in [-0.3, -0.25) is 19.4 Å². The summed E-state index contributed by atoms with van der Waals surface area (Å²) in [5.41, 5.74) is 4.36. The molecule has 0 radical (unpaired) electrons. The summed E-state index contributed by atoms with van der Waals surface area (Å²) in [4.78, 5) is 39.5. The highest BCUT2D eigenvalue weighted by Gasteiger charge is 2.55. The third kappa shape index (κ3) is 3.34. The van der Waals surface area contributed by atoms with E-state index in [0.717, 1.165) is 28.0 Å². The van der Waals surface area contributed by atoms with Crippen LogP contribution in [-0.2, 0) is 20.8 Å². The predicted molar refractivity (Wildman–Crippen MR) is 112 cm³/mol. The molecule has 0 spiro atoms. The number of hydrogen-bond acceptors (Lipinski definition) is 6. The zero-order valence-corrected chi connectivity index (χ0v) is 17.1. The van der Waals surface area contributed by atoms with Crippen LogP contribution >= 0.6 is 0 Å². The van der Waals surface area contributed by atoms with Crippen molar-refractivity contribution in [2.75, 3.05) is 16.8 Å². The van der Waals surface area contributed by atoms with E-state index in [0.29, 0.717) is 11.4 Å². The van der Waals surface area contributed by atoms with Crippen molar-refractivity contribution >= 4 is 29.1 Å². The Balaban J connectivity index is 1.49. The molecular weight excluding hydrogens is 382 g/mol. The van der Waals surface area contributed by atoms with Crippen LogP contribution in [0.25, 0.3) is 0 Å². The minimum absolute atomic E-state index is 0.167. The van der Waals surface area contributed by atoms with E-state index in [1.807, 2.05) is 51.1 Å². The molecule has 4 rings (SSSR count). The molecule has 2 aromatic carbocycles. The Kier molecular flexibility index (Phi) is 5.07. The minimum Gasteiger partial charge on any atom is -0.324 e. The summed E-state index contributed by atoms with van der Waals surface area (Å²) in [5, 5.41) is 12.0. The van der Waals surface area contributed by atoms with Crippen molar-refractivity contribution in [3.63, 3.8) is 0 Å². The van der Waals surface area contributed by atoms with Crippen LogP contribution in [0.4, 0.5) is 11.4 Å². The first-order valence-corrected chi connectivity index (χ1v) is 9.91. The van der Waals surface area contributed by atoms with Gasteiger partial charge in [-0.25, -0.2) is 4.90 Å². The summed E-state index contributed by atoms with van der Waals surface area (Å²) >= 11 is 0. The number of imide groups is 1. The zero-order valence-electron chi connectivity index (χ0n) is 17.1. The molecule has 0 aromatic heterocycles. The molecule has 0 saturated carbocycles. The van der Waals surface area contributed by atoms with E-state index in [-0.39, 0.29) is 12.5 Å². The second kappa shape index (κ2) is 7.70. The topological polar surface area (TPSA) is 94.4 Å². The third-order valence-corrected chi connectivity index (χ3v) is 5.65. The number of carbonyl (C=O) groups is 3. The second-order valence-corrected chi connectivity index (χ2v) is 7.52. The molecule has 2 aromatic rings. The standard InChI is InChI=1S/C22H23N5O3/c1-4-15-8-10-16(11-9-15)27-21(29)19-20(22(27)30)26(25-24-19)12-18(28)23-17-7-5-6-13(2)14(17)3/h5-11,19-20H,4,12H2,1-3H3,(H,23,28)/t19-,20+/m0/s1. The van der Waals surface area contributed by atoms with Crippen LogP contribution in [0.5, 0.6) is 0 Å². The van der Waals surface area contributed by atoms with E-state index in [1.165, 1.54) is 5.01 Å². The number of fused-ring (bicyclic) bond motifs is 1. The molecule has 30 heavy (non-hydrogen) atoms. The van der Waals surface area contributed by atoms with Crippen LogP contribution in [0, 0.1) is 13.8 Å². The van der Waals surface area contributed by atoms with Gasteiger partial charge in [0, 0.05) is 5.69 Å². The highest BCUT2D eigenvalue weighted by Crippen LogP contribution is 2.32. The normalized spacial score (nSPS) is 20.1. The summed E-state index contributed by atoms with van der Waals surface area (Å²) < 4.78 is 0. The Labute approximate surface area is 174 Å². The maximum absolute atomic E-state index is 13.0. The maximum atomic E-state index is 13.0. The molecule has 3 amide bonds. The van der Waals surface area contributed by atoms with Gasteiger partial charge in [-0.15, -0.1) is 0 Å². The van der Waals surface area contributed by atoms with Gasteiger partial charge in [-0.1, -0.05) is 36.4 Å². The van der Waals surface area contributed by atoms with Crippen molar-refractivity contribution in [1.29, 1.82) is 0 Å². The predicted octanol–water partition coefficient (Wildman–Crippen LogP) is 2.80. The van der Waals surface area contributed by atoms with E-state index in [9.17, 15) is 14.4 Å². The Bertz CT molecular complexity index is 1050. The first-order chi connectivity index (χ1) is 14.4. The number of nitrogens with zero attached hydrogens (tertiary/aromatic N) is 4. The quantitative estimate of drug-likeness (QED) is 0.774. The molecule has 1 fully saturated rings. The van der Waals surface area contributed by atoms with Gasteiger partial charge in [0.2, 0.25) is 5.91 Å². The average Bonchev–Trinajstić information content (AvgIpc) is 3.25. The monoisotopic (exact) mass is 405 g/mol. The van der Waals surface area contributed by atoms with Crippen LogP contribution in [0.1, 0.15) is 23.6 Å². The van der Waals surface area contributed by atoms with Gasteiger partial charge in [0.1, 0.15) is 6.54 Å². The molecule has 8 nitrogen and oxygen atoms in total. The van der Waals surface area contributed by atoms with E-state index >= 15 is 0 Å². The minimum atomic E-state index is -0.920. The lowest BCUT2D eigenvalue weighted by atomic mass is 10.1. The van der Waals surface area contributed by atoms with Crippen LogP contribution in [0.3, 0.4) is 0 Å². The molecular formula is C22H23N5O3. The maximum Gasteiger partial charge on any atom is 0.263 e. The number of hydrogen-bond donors (Lipinski definition) is 1. The molecule has 2 atom stereocenters. The first kappa shape index (κ1) is 19.8. The number of benzene rings is 2. The molecule has 0 unspecified atom stereocenters. The number of nitrogens with one attached hydrogen (secondary N) is 1. The van der Waals surface area contributed by atoms with E-state index in [2.05, 4.69) is 15.7 Å². The molecule has 154 valence electrons. The first-order valence-electron chi connectivity index (χ1n) is 9.91. The lowest BCUT2D eigenvalue weighted by Crippen LogP contribution is -2.43. The van der Waals surface area contributed by atoms with Crippen molar-refractivity contribution < 1.29 is 14.4 Å². The lowest BCUT2D eigenvalue weighted by molar-refractivity contribution is -0.123. The van der Waals surface area contributed by atoms with Gasteiger partial charge in [0.05, 0.1) is 5.69 Å². The molecule has 2 heterocycles. The zero-order chi connectivity index (χ0) is 21.4. The summed E-state index contributed by atoms with van der Waals surface area (Å²) in [5.74, 6) is -1.16. The van der Waals surface area contributed by atoms with E-state index < -0.39 is 23.9 Å². The molecule has 0 bridgehead atoms. The van der Waals surface area contributed by atoms with Crippen molar-refractivity contribution in [1.82, 2.24) is 5.01 Å². The summed E-state index contributed by atoms with van der Waals surface area (Å²) in [6.07, 6.45) is 0.866. The molecule has 0 aliphatic carbocycles. The molecule has 1 saturated heterocycles. The molecule has 2 aliphatic rings. The van der Waals surface area contributed by atoms with Crippen LogP contribution in [0.2, 0.25) is 0 Å². The summed E-state index contributed by atoms with van der Waals surface area (Å²) in [6.45, 7) is 5.76. The number of aryl methyl sites for hydroxylation is 2. The summed E-state index contributed by atoms with van der Waals surface area (Å²) in [7, 11) is 0. The number of rotatable bonds is 5. The summed E-state index contributed by atoms with van der Waals surface area (Å²) in [6, 6.07) is 11.1. The van der Waals surface area contributed by atoms with Crippen molar-refractivity contribution in [2.45, 2.75) is 39.3 Å². The Hall–Kier alpha value is -3.55. The van der Waals surface area contributed by atoms with Gasteiger partial charge in [0.15, 0.2) is 12.1 Å². The second-order valence-electron chi connectivity index (χ2n) is 7.52. The van der Waals surface area contributed by atoms with Crippen molar-refractivity contribution in [2.24, 2.45) is 10.3 Å². The Morgan fingerprint density at radius 3 is 2.50 bits per heavy atom. The smallest absolute Gasteiger partial charge is 0.263 e. The number of amides is 3. The SMILES string of the molecule is CCc1ccc(N2C(=O)[C@H]3N=NN(CC(=O)Nc4cccc(C)c4C)[C@H]3C2=O)cc1. The fourth-order valence-electron chi connectivity index (χ4n) is 3.71. The largest absolute Gasteiger partial charge is 0.324 e. The fraction of sp³-hybridized carbons (Fsp3) is 0.318. The van der Waals surface area contributed by atoms with E-state index in [1.54, 1.807) is 12.1 Å². The van der Waals surface area contributed by atoms with Crippen LogP contribution in [-0.4, -0.2) is 41.4 Å². The van der Waals surface area contributed by atoms with Gasteiger partial charge in [-0.2, -0.15) is 5.11 Å². The Morgan fingerprint density at radius 2 is 1.80 bits per heavy atom. The van der Waals surface area contributed by atoms with Gasteiger partial charge in [0.25, 0.3) is 11.8 Å². The molecule has 1 N–H and O–H groups in total. The number of anilines is 2.